The highest BCUT2D eigenvalue weighted by molar-refractivity contribution is 7.17. The standard InChI is InChI=1S/C22H23N3OS/c26-22(25-13-6-16-3-1-2-4-18(16)15-25)17-7-11-24(12-8-17)21-19-9-14-27-20(19)5-10-23-21/h1-5,9-10,14,17H,6-8,11-13,15H2. The van der Waals surface area contributed by atoms with Crippen molar-refractivity contribution in [2.24, 2.45) is 5.92 Å². The number of nitrogens with zero attached hydrogens (tertiary/aromatic N) is 3. The molecule has 0 N–H and O–H groups in total. The van der Waals surface area contributed by atoms with Gasteiger partial charge in [-0.1, -0.05) is 24.3 Å². The van der Waals surface area contributed by atoms with E-state index in [1.165, 1.54) is 21.2 Å². The minimum atomic E-state index is 0.146. The Morgan fingerprint density at radius 2 is 1.85 bits per heavy atom. The lowest BCUT2D eigenvalue weighted by atomic mass is 9.93. The fraction of sp³-hybridized carbons (Fsp3) is 0.364. The zero-order valence-electron chi connectivity index (χ0n) is 15.3. The maximum absolute atomic E-state index is 13.1. The van der Waals surface area contributed by atoms with Crippen molar-refractivity contribution in [1.29, 1.82) is 0 Å². The summed E-state index contributed by atoms with van der Waals surface area (Å²) >= 11 is 1.76. The van der Waals surface area contributed by atoms with Gasteiger partial charge >= 0.3 is 0 Å². The number of carbonyl (C=O) groups is 1. The van der Waals surface area contributed by atoms with Gasteiger partial charge in [-0.2, -0.15) is 0 Å². The van der Waals surface area contributed by atoms with Crippen LogP contribution in [0.15, 0.2) is 48.0 Å². The molecule has 5 heteroatoms. The first kappa shape index (κ1) is 16.8. The van der Waals surface area contributed by atoms with Crippen molar-refractivity contribution in [3.8, 4) is 0 Å². The highest BCUT2D eigenvalue weighted by atomic mass is 32.1. The predicted octanol–water partition coefficient (Wildman–Crippen LogP) is 4.10. The Morgan fingerprint density at radius 3 is 2.70 bits per heavy atom. The highest BCUT2D eigenvalue weighted by Gasteiger charge is 2.31. The van der Waals surface area contributed by atoms with E-state index in [-0.39, 0.29) is 5.92 Å². The molecule has 2 aromatic heterocycles. The molecule has 27 heavy (non-hydrogen) atoms. The quantitative estimate of drug-likeness (QED) is 0.675. The Morgan fingerprint density at radius 1 is 1.04 bits per heavy atom. The fourth-order valence-corrected chi connectivity index (χ4v) is 5.19. The molecule has 4 heterocycles. The van der Waals surface area contributed by atoms with Crippen molar-refractivity contribution in [3.63, 3.8) is 0 Å². The zero-order chi connectivity index (χ0) is 18.2. The smallest absolute Gasteiger partial charge is 0.226 e. The molecule has 0 atom stereocenters. The van der Waals surface area contributed by atoms with Crippen LogP contribution in [0.2, 0.25) is 0 Å². The van der Waals surface area contributed by atoms with Gasteiger partial charge in [0.2, 0.25) is 5.91 Å². The van der Waals surface area contributed by atoms with Crippen LogP contribution in [0.5, 0.6) is 0 Å². The molecule has 138 valence electrons. The van der Waals surface area contributed by atoms with Crippen molar-refractivity contribution in [2.75, 3.05) is 24.5 Å². The summed E-state index contributed by atoms with van der Waals surface area (Å²) in [6, 6.07) is 12.7. The number of carbonyl (C=O) groups excluding carboxylic acids is 1. The van der Waals surface area contributed by atoms with Crippen LogP contribution in [-0.2, 0) is 17.8 Å². The van der Waals surface area contributed by atoms with E-state index in [1.807, 2.05) is 6.20 Å². The topological polar surface area (TPSA) is 36.4 Å². The number of rotatable bonds is 2. The lowest BCUT2D eigenvalue weighted by Crippen LogP contribution is -2.44. The average Bonchev–Trinajstić information content (AvgIpc) is 3.22. The molecule has 1 amide bonds. The molecular formula is C22H23N3OS. The number of benzene rings is 1. The van der Waals surface area contributed by atoms with Crippen molar-refractivity contribution in [1.82, 2.24) is 9.88 Å². The third-order valence-corrected chi connectivity index (χ3v) is 6.83. The van der Waals surface area contributed by atoms with Crippen LogP contribution < -0.4 is 4.90 Å². The van der Waals surface area contributed by atoms with Gasteiger partial charge in [0.15, 0.2) is 0 Å². The summed E-state index contributed by atoms with van der Waals surface area (Å²) in [5.74, 6) is 1.56. The summed E-state index contributed by atoms with van der Waals surface area (Å²) in [7, 11) is 0. The van der Waals surface area contributed by atoms with Crippen LogP contribution in [0.3, 0.4) is 0 Å². The second-order valence-corrected chi connectivity index (χ2v) is 8.45. The number of amides is 1. The number of anilines is 1. The van der Waals surface area contributed by atoms with E-state index in [1.54, 1.807) is 11.3 Å². The van der Waals surface area contributed by atoms with Gasteiger partial charge in [0, 0.05) is 48.4 Å². The van der Waals surface area contributed by atoms with Gasteiger partial charge in [0.1, 0.15) is 5.82 Å². The second-order valence-electron chi connectivity index (χ2n) is 7.51. The monoisotopic (exact) mass is 377 g/mol. The molecule has 0 aliphatic carbocycles. The van der Waals surface area contributed by atoms with E-state index in [0.29, 0.717) is 5.91 Å². The van der Waals surface area contributed by atoms with Gasteiger partial charge in [-0.15, -0.1) is 11.3 Å². The third-order valence-electron chi connectivity index (χ3n) is 5.94. The number of piperidine rings is 1. The molecule has 1 aromatic carbocycles. The fourth-order valence-electron chi connectivity index (χ4n) is 4.41. The molecular weight excluding hydrogens is 354 g/mol. The van der Waals surface area contributed by atoms with E-state index in [9.17, 15) is 4.79 Å². The van der Waals surface area contributed by atoms with Crippen LogP contribution in [-0.4, -0.2) is 35.4 Å². The van der Waals surface area contributed by atoms with Gasteiger partial charge in [-0.05, 0) is 47.9 Å². The summed E-state index contributed by atoms with van der Waals surface area (Å²) in [5, 5.41) is 3.36. The van der Waals surface area contributed by atoms with Gasteiger partial charge in [-0.25, -0.2) is 4.98 Å². The van der Waals surface area contributed by atoms with E-state index in [0.717, 1.165) is 51.3 Å². The third kappa shape index (κ3) is 3.10. The van der Waals surface area contributed by atoms with Gasteiger partial charge in [0.05, 0.1) is 0 Å². The van der Waals surface area contributed by atoms with Crippen LogP contribution in [0, 0.1) is 5.92 Å². The van der Waals surface area contributed by atoms with E-state index in [4.69, 9.17) is 0 Å². The SMILES string of the molecule is O=C(C1CCN(c2nccc3sccc23)CC1)N1CCc2ccccc2C1. The molecule has 1 fully saturated rings. The first-order valence-corrected chi connectivity index (χ1v) is 10.6. The molecule has 0 radical (unpaired) electrons. The molecule has 5 rings (SSSR count). The normalized spacial score (nSPS) is 17.9. The number of thiophene rings is 1. The number of hydrogen-bond acceptors (Lipinski definition) is 4. The molecule has 0 saturated carbocycles. The van der Waals surface area contributed by atoms with Crippen molar-refractivity contribution in [2.45, 2.75) is 25.8 Å². The molecule has 1 saturated heterocycles. The summed E-state index contributed by atoms with van der Waals surface area (Å²) in [6.07, 6.45) is 4.71. The first-order chi connectivity index (χ1) is 13.3. The van der Waals surface area contributed by atoms with E-state index >= 15 is 0 Å². The van der Waals surface area contributed by atoms with Crippen LogP contribution >= 0.6 is 11.3 Å². The van der Waals surface area contributed by atoms with Crippen LogP contribution in [0.4, 0.5) is 5.82 Å². The summed E-state index contributed by atoms with van der Waals surface area (Å²) in [5.41, 5.74) is 2.70. The highest BCUT2D eigenvalue weighted by Crippen LogP contribution is 2.32. The Balaban J connectivity index is 1.26. The molecule has 2 aliphatic heterocycles. The molecule has 2 aliphatic rings. The van der Waals surface area contributed by atoms with Gasteiger partial charge < -0.3 is 9.80 Å². The predicted molar refractivity (Wildman–Crippen MR) is 110 cm³/mol. The van der Waals surface area contributed by atoms with Crippen molar-refractivity contribution < 1.29 is 4.79 Å². The maximum Gasteiger partial charge on any atom is 0.226 e. The number of fused-ring (bicyclic) bond motifs is 2. The summed E-state index contributed by atoms with van der Waals surface area (Å²) < 4.78 is 1.28. The maximum atomic E-state index is 13.1. The van der Waals surface area contributed by atoms with Gasteiger partial charge in [-0.3, -0.25) is 4.79 Å². The average molecular weight is 378 g/mol. The Labute approximate surface area is 163 Å². The van der Waals surface area contributed by atoms with E-state index in [2.05, 4.69) is 56.6 Å². The minimum Gasteiger partial charge on any atom is -0.356 e. The Bertz CT molecular complexity index is 974. The minimum absolute atomic E-state index is 0.146. The molecule has 4 nitrogen and oxygen atoms in total. The number of hydrogen-bond donors (Lipinski definition) is 0. The molecule has 0 bridgehead atoms. The van der Waals surface area contributed by atoms with E-state index < -0.39 is 0 Å². The Kier molecular flexibility index (Phi) is 4.32. The number of aromatic nitrogens is 1. The Hall–Kier alpha value is -2.40. The van der Waals surface area contributed by atoms with Crippen molar-refractivity contribution in [3.05, 3.63) is 59.1 Å². The molecule has 0 spiro atoms. The number of pyridine rings is 1. The molecule has 3 aromatic rings. The lowest BCUT2D eigenvalue weighted by Gasteiger charge is -2.36. The lowest BCUT2D eigenvalue weighted by molar-refractivity contribution is -0.137. The van der Waals surface area contributed by atoms with Crippen LogP contribution in [0.1, 0.15) is 24.0 Å². The van der Waals surface area contributed by atoms with Gasteiger partial charge in [0.25, 0.3) is 0 Å². The first-order valence-electron chi connectivity index (χ1n) is 9.72. The largest absolute Gasteiger partial charge is 0.356 e. The van der Waals surface area contributed by atoms with Crippen molar-refractivity contribution >= 4 is 33.1 Å². The molecule has 0 unspecified atom stereocenters. The summed E-state index contributed by atoms with van der Waals surface area (Å²) in [6.45, 7) is 3.43. The zero-order valence-corrected chi connectivity index (χ0v) is 16.1. The van der Waals surface area contributed by atoms with Crippen LogP contribution in [0.25, 0.3) is 10.1 Å². The second kappa shape index (κ2) is 6.97. The summed E-state index contributed by atoms with van der Waals surface area (Å²) in [4.78, 5) is 22.1.